The molecule has 5 nitrogen and oxygen atoms in total. The molecule has 0 bridgehead atoms. The topological polar surface area (TPSA) is 115 Å². The van der Waals surface area contributed by atoms with Gasteiger partial charge in [-0.1, -0.05) is 0 Å². The summed E-state index contributed by atoms with van der Waals surface area (Å²) in [5.74, 6) is 0. The molecule has 48 valence electrons. The van der Waals surface area contributed by atoms with Crippen LogP contribution in [0.25, 0.3) is 0 Å². The van der Waals surface area contributed by atoms with Gasteiger partial charge in [0, 0.05) is 52.4 Å². The molecule has 0 aliphatic heterocycles. The Bertz CT molecular complexity index is 40.2. The second kappa shape index (κ2) is 41.6. The molecule has 8 heavy (non-hydrogen) atoms. The molecule has 0 saturated carbocycles. The average Bonchev–Trinajstić information content (AvgIpc) is 1.37. The Kier molecular flexibility index (Phi) is 183. The van der Waals surface area contributed by atoms with E-state index >= 15 is 0 Å². The van der Waals surface area contributed by atoms with Crippen LogP contribution in [0.5, 0.6) is 0 Å². The maximum atomic E-state index is 8.51. The normalized spacial score (nSPS) is 2.00. The van der Waals surface area contributed by atoms with Crippen LogP contribution in [0.2, 0.25) is 0 Å². The van der Waals surface area contributed by atoms with Crippen LogP contribution >= 0.6 is 0 Å². The van der Waals surface area contributed by atoms with E-state index in [2.05, 4.69) is 4.89 Å². The van der Waals surface area contributed by atoms with Crippen molar-refractivity contribution in [3.8, 4) is 6.33 Å². The van der Waals surface area contributed by atoms with Crippen LogP contribution in [0.4, 0.5) is 0 Å². The monoisotopic (exact) mass is 514 g/mol. The summed E-state index contributed by atoms with van der Waals surface area (Å²) in [6.07, 6.45) is 0.625. The fourth-order valence-corrected chi connectivity index (χ4v) is 0. The molecule has 0 aliphatic carbocycles. The molecule has 0 spiro atoms. The first-order chi connectivity index (χ1) is 1.91. The van der Waals surface area contributed by atoms with Crippen molar-refractivity contribution in [3.05, 3.63) is 0 Å². The van der Waals surface area contributed by atoms with Gasteiger partial charge in [-0.05, 0) is 0 Å². The van der Waals surface area contributed by atoms with Gasteiger partial charge in [-0.2, -0.15) is 0 Å². The number of rotatable bonds is 0. The molecule has 0 aromatic rings. The van der Waals surface area contributed by atoms with E-state index in [4.69, 9.17) is 9.91 Å². The van der Waals surface area contributed by atoms with Gasteiger partial charge in [0.2, 0.25) is 0 Å². The minimum absolute atomic E-state index is 0. The Morgan fingerprint density at radius 1 is 1.25 bits per heavy atom. The Balaban J connectivity index is -0.00000000750. The molecule has 0 unspecified atom stereocenters. The van der Waals surface area contributed by atoms with Gasteiger partial charge in [0.1, 0.15) is 0 Å². The van der Waals surface area contributed by atoms with Gasteiger partial charge >= 0.3 is 21.1 Å². The van der Waals surface area contributed by atoms with E-state index in [0.29, 0.717) is 6.33 Å². The zero-order valence-corrected chi connectivity index (χ0v) is 10.6. The molecular weight excluding hydrogens is 510 g/mol. The van der Waals surface area contributed by atoms with Crippen molar-refractivity contribution in [1.29, 1.82) is 0 Å². The molecule has 0 aromatic carbocycles. The molecular formula is CH4Bi2O5. The van der Waals surface area contributed by atoms with Crippen molar-refractivity contribution < 1.29 is 25.7 Å². The molecule has 4 N–H and O–H groups in total. The van der Waals surface area contributed by atoms with Crippen molar-refractivity contribution in [2.24, 2.45) is 0 Å². The summed E-state index contributed by atoms with van der Waals surface area (Å²) in [5.41, 5.74) is 0. The van der Waals surface area contributed by atoms with Crippen molar-refractivity contribution in [1.82, 2.24) is 0 Å². The SMILES string of the molecule is O.O.[Bi].[Bi].[O+]#CO[O-]. The summed E-state index contributed by atoms with van der Waals surface area (Å²) >= 11 is 0. The Hall–Kier alpha value is 1.19. The number of hydrogen-bond donors (Lipinski definition) is 0. The van der Waals surface area contributed by atoms with Crippen LogP contribution in [0.1, 0.15) is 0 Å². The Morgan fingerprint density at radius 2 is 1.38 bits per heavy atom. The molecule has 0 aromatic heterocycles. The maximum absolute atomic E-state index is 8.51. The van der Waals surface area contributed by atoms with Crippen LogP contribution in [0.15, 0.2) is 0 Å². The second-order valence-corrected chi connectivity index (χ2v) is 0.167. The average molecular weight is 514 g/mol. The van der Waals surface area contributed by atoms with Crippen molar-refractivity contribution in [2.45, 2.75) is 0 Å². The summed E-state index contributed by atoms with van der Waals surface area (Å²) in [4.78, 5) is 2.49. The van der Waals surface area contributed by atoms with Gasteiger partial charge in [-0.25, -0.2) is 0 Å². The molecule has 0 saturated heterocycles. The predicted molar refractivity (Wildman–Crippen MR) is 24.4 cm³/mol. The summed E-state index contributed by atoms with van der Waals surface area (Å²) in [6, 6.07) is 0. The standard InChI is InChI=1S/CO3.2Bi.2H2O/c2-1-4-3;;;;/h;;;2*1H2. The van der Waals surface area contributed by atoms with Gasteiger partial charge in [0.25, 0.3) is 0 Å². The number of hydrogen-bond acceptors (Lipinski definition) is 2. The van der Waals surface area contributed by atoms with E-state index in [-0.39, 0.29) is 63.4 Å². The van der Waals surface area contributed by atoms with Crippen LogP contribution in [-0.4, -0.2) is 63.4 Å². The summed E-state index contributed by atoms with van der Waals surface area (Å²) < 4.78 is 8.51. The summed E-state index contributed by atoms with van der Waals surface area (Å²) in [5, 5.41) is 8.38. The Morgan fingerprint density at radius 3 is 1.38 bits per heavy atom. The van der Waals surface area contributed by atoms with Crippen molar-refractivity contribution >= 4 is 52.4 Å². The molecule has 6 radical (unpaired) electrons. The third-order valence-corrected chi connectivity index (χ3v) is 0.0340. The molecule has 0 amide bonds. The first-order valence-electron chi connectivity index (χ1n) is 0.575. The summed E-state index contributed by atoms with van der Waals surface area (Å²) in [7, 11) is 0. The van der Waals surface area contributed by atoms with Gasteiger partial charge in [0.05, 0.1) is 0 Å². The zero-order valence-electron chi connectivity index (χ0n) is 3.62. The summed E-state index contributed by atoms with van der Waals surface area (Å²) in [6.45, 7) is 0. The molecule has 0 aliphatic rings. The molecule has 0 fully saturated rings. The van der Waals surface area contributed by atoms with E-state index in [1.165, 1.54) is 0 Å². The van der Waals surface area contributed by atoms with E-state index in [9.17, 15) is 0 Å². The minimum atomic E-state index is 0. The third kappa shape index (κ3) is 57.5. The second-order valence-electron chi connectivity index (χ2n) is 0.167. The predicted octanol–water partition coefficient (Wildman–Crippen LogP) is -3.79. The van der Waals surface area contributed by atoms with Gasteiger partial charge < -0.3 is 11.0 Å². The van der Waals surface area contributed by atoms with E-state index < -0.39 is 0 Å². The zero-order chi connectivity index (χ0) is 3.41. The quantitative estimate of drug-likeness (QED) is 0.143. The van der Waals surface area contributed by atoms with Crippen LogP contribution in [0.3, 0.4) is 0 Å². The van der Waals surface area contributed by atoms with Gasteiger partial charge in [-0.3, -0.25) is 0 Å². The van der Waals surface area contributed by atoms with Crippen molar-refractivity contribution in [2.75, 3.05) is 0 Å². The molecule has 0 heterocycles. The van der Waals surface area contributed by atoms with E-state index in [1.807, 2.05) is 0 Å². The van der Waals surface area contributed by atoms with Crippen LogP contribution in [-0.2, 0) is 9.54 Å². The Labute approximate surface area is 83.9 Å². The van der Waals surface area contributed by atoms with Crippen LogP contribution < -0.4 is 5.26 Å². The van der Waals surface area contributed by atoms with Crippen LogP contribution in [0, 0.1) is 6.33 Å². The van der Waals surface area contributed by atoms with E-state index in [0.717, 1.165) is 0 Å². The van der Waals surface area contributed by atoms with Gasteiger partial charge in [0.15, 0.2) is 0 Å². The molecule has 0 rings (SSSR count). The third-order valence-electron chi connectivity index (χ3n) is 0.0340. The van der Waals surface area contributed by atoms with Gasteiger partial charge in [-0.15, -0.1) is 0 Å². The van der Waals surface area contributed by atoms with Crippen molar-refractivity contribution in [3.63, 3.8) is 0 Å². The molecule has 0 atom stereocenters. The van der Waals surface area contributed by atoms with E-state index in [1.54, 1.807) is 0 Å². The molecule has 7 heteroatoms. The first-order valence-corrected chi connectivity index (χ1v) is 0.575. The fraction of sp³-hybridized carbons (Fsp3) is 0. The first kappa shape index (κ1) is 35.1. The fourth-order valence-electron chi connectivity index (χ4n) is 0.